The highest BCUT2D eigenvalue weighted by Gasteiger charge is 2.43. The van der Waals surface area contributed by atoms with Crippen LogP contribution in [0.15, 0.2) is 72.4 Å². The molecule has 0 N–H and O–H groups in total. The van der Waals surface area contributed by atoms with Gasteiger partial charge in [0.1, 0.15) is 5.70 Å². The van der Waals surface area contributed by atoms with E-state index in [1.165, 1.54) is 10.5 Å². The maximum absolute atomic E-state index is 13.7. The largest absolute Gasteiger partial charge is 0.336 e. The van der Waals surface area contributed by atoms with Crippen LogP contribution in [-0.2, 0) is 22.6 Å². The molecular formula is C28H26N2O2. The molecular weight excluding hydrogens is 396 g/mol. The van der Waals surface area contributed by atoms with Gasteiger partial charge in [-0.2, -0.15) is 0 Å². The molecule has 4 nitrogen and oxygen atoms in total. The van der Waals surface area contributed by atoms with E-state index in [4.69, 9.17) is 0 Å². The number of hydrogen-bond donors (Lipinski definition) is 0. The molecule has 0 atom stereocenters. The number of benzene rings is 3. The number of carbonyl (C=O) groups excluding carboxylic acids is 2. The fraction of sp³-hybridized carbons (Fsp3) is 0.214. The lowest BCUT2D eigenvalue weighted by Crippen LogP contribution is -2.34. The number of imide groups is 1. The standard InChI is InChI=1S/C28H26N2O2/c1-18-8-11-21(12-9-18)17-30-27(31)25(23-13-10-19(2)20(3)16-23)26(28(30)32)29-15-14-22-6-4-5-7-24(22)29/h4-13,16H,14-15,17H2,1-3H3. The van der Waals surface area contributed by atoms with Gasteiger partial charge in [0.25, 0.3) is 11.8 Å². The van der Waals surface area contributed by atoms with E-state index in [1.54, 1.807) is 0 Å². The van der Waals surface area contributed by atoms with Crippen molar-refractivity contribution in [2.45, 2.75) is 33.7 Å². The number of para-hydroxylation sites is 1. The second-order valence-electron chi connectivity index (χ2n) is 8.74. The molecule has 2 amide bonds. The predicted molar refractivity (Wildman–Crippen MR) is 127 cm³/mol. The molecule has 0 radical (unpaired) electrons. The summed E-state index contributed by atoms with van der Waals surface area (Å²) in [5.74, 6) is -0.446. The van der Waals surface area contributed by atoms with Crippen molar-refractivity contribution in [3.8, 4) is 0 Å². The van der Waals surface area contributed by atoms with Gasteiger partial charge < -0.3 is 4.90 Å². The lowest BCUT2D eigenvalue weighted by atomic mass is 9.99. The van der Waals surface area contributed by atoms with E-state index in [2.05, 4.69) is 13.0 Å². The van der Waals surface area contributed by atoms with Gasteiger partial charge in [0.2, 0.25) is 0 Å². The topological polar surface area (TPSA) is 40.6 Å². The zero-order valence-electron chi connectivity index (χ0n) is 18.7. The SMILES string of the molecule is Cc1ccc(CN2C(=O)C(c3ccc(C)c(C)c3)=C(N3CCc4ccccc43)C2=O)cc1. The third kappa shape index (κ3) is 3.32. The summed E-state index contributed by atoms with van der Waals surface area (Å²) in [6, 6.07) is 22.1. The first kappa shape index (κ1) is 20.3. The Hall–Kier alpha value is -3.66. The first-order valence-corrected chi connectivity index (χ1v) is 11.0. The van der Waals surface area contributed by atoms with Gasteiger partial charge in [-0.3, -0.25) is 14.5 Å². The van der Waals surface area contributed by atoms with Crippen LogP contribution in [0.2, 0.25) is 0 Å². The first-order valence-electron chi connectivity index (χ1n) is 11.0. The van der Waals surface area contributed by atoms with Gasteiger partial charge in [-0.05, 0) is 61.1 Å². The molecule has 0 fully saturated rings. The number of fused-ring (bicyclic) bond motifs is 1. The monoisotopic (exact) mass is 422 g/mol. The maximum Gasteiger partial charge on any atom is 0.278 e. The Morgan fingerprint density at radius 1 is 0.812 bits per heavy atom. The van der Waals surface area contributed by atoms with Crippen molar-refractivity contribution in [1.82, 2.24) is 4.90 Å². The van der Waals surface area contributed by atoms with Crippen molar-refractivity contribution >= 4 is 23.1 Å². The minimum absolute atomic E-state index is 0.222. The van der Waals surface area contributed by atoms with Crippen LogP contribution in [0, 0.1) is 20.8 Å². The van der Waals surface area contributed by atoms with E-state index in [1.807, 2.05) is 79.4 Å². The van der Waals surface area contributed by atoms with Gasteiger partial charge in [0, 0.05) is 12.2 Å². The van der Waals surface area contributed by atoms with Gasteiger partial charge in [-0.25, -0.2) is 0 Å². The average Bonchev–Trinajstić information content (AvgIpc) is 3.31. The Morgan fingerprint density at radius 3 is 2.31 bits per heavy atom. The molecule has 0 aliphatic carbocycles. The lowest BCUT2D eigenvalue weighted by Gasteiger charge is -2.22. The fourth-order valence-electron chi connectivity index (χ4n) is 4.56. The smallest absolute Gasteiger partial charge is 0.278 e. The Balaban J connectivity index is 1.62. The van der Waals surface area contributed by atoms with Gasteiger partial charge in [0.15, 0.2) is 0 Å². The number of aryl methyl sites for hydroxylation is 3. The van der Waals surface area contributed by atoms with Crippen molar-refractivity contribution in [3.05, 3.63) is 106 Å². The first-order chi connectivity index (χ1) is 15.4. The van der Waals surface area contributed by atoms with E-state index in [9.17, 15) is 9.59 Å². The third-order valence-electron chi connectivity index (χ3n) is 6.56. The molecule has 4 heteroatoms. The summed E-state index contributed by atoms with van der Waals surface area (Å²) >= 11 is 0. The molecule has 0 bridgehead atoms. The number of anilines is 1. The molecule has 2 aliphatic heterocycles. The zero-order valence-corrected chi connectivity index (χ0v) is 18.7. The van der Waals surface area contributed by atoms with E-state index >= 15 is 0 Å². The summed E-state index contributed by atoms with van der Waals surface area (Å²) in [7, 11) is 0. The summed E-state index contributed by atoms with van der Waals surface area (Å²) in [6.45, 7) is 7.08. The van der Waals surface area contributed by atoms with Gasteiger partial charge in [0.05, 0.1) is 12.1 Å². The molecule has 160 valence electrons. The van der Waals surface area contributed by atoms with Crippen LogP contribution in [0.25, 0.3) is 5.57 Å². The zero-order chi connectivity index (χ0) is 22.4. The molecule has 0 spiro atoms. The molecule has 2 heterocycles. The van der Waals surface area contributed by atoms with Crippen LogP contribution in [-0.4, -0.2) is 23.3 Å². The van der Waals surface area contributed by atoms with E-state index in [0.717, 1.165) is 39.9 Å². The van der Waals surface area contributed by atoms with Crippen LogP contribution in [0.3, 0.4) is 0 Å². The third-order valence-corrected chi connectivity index (χ3v) is 6.56. The average molecular weight is 423 g/mol. The van der Waals surface area contributed by atoms with Crippen molar-refractivity contribution in [3.63, 3.8) is 0 Å². The molecule has 5 rings (SSSR count). The summed E-state index contributed by atoms with van der Waals surface area (Å²) < 4.78 is 0. The number of amides is 2. The fourth-order valence-corrected chi connectivity index (χ4v) is 4.56. The van der Waals surface area contributed by atoms with Gasteiger partial charge >= 0.3 is 0 Å². The number of hydrogen-bond acceptors (Lipinski definition) is 3. The lowest BCUT2D eigenvalue weighted by molar-refractivity contribution is -0.137. The van der Waals surface area contributed by atoms with Crippen LogP contribution in [0.1, 0.15) is 33.4 Å². The normalized spacial score (nSPS) is 15.7. The molecule has 32 heavy (non-hydrogen) atoms. The highest BCUT2D eigenvalue weighted by Crippen LogP contribution is 2.39. The Labute approximate surface area is 188 Å². The van der Waals surface area contributed by atoms with Crippen LogP contribution in [0.5, 0.6) is 0 Å². The number of rotatable bonds is 4. The minimum Gasteiger partial charge on any atom is -0.336 e. The van der Waals surface area contributed by atoms with Crippen LogP contribution < -0.4 is 4.90 Å². The summed E-state index contributed by atoms with van der Waals surface area (Å²) in [4.78, 5) is 30.8. The highest BCUT2D eigenvalue weighted by molar-refractivity contribution is 6.36. The van der Waals surface area contributed by atoms with Gasteiger partial charge in [-0.15, -0.1) is 0 Å². The van der Waals surface area contributed by atoms with Crippen molar-refractivity contribution < 1.29 is 9.59 Å². The number of nitrogens with zero attached hydrogens (tertiary/aromatic N) is 2. The van der Waals surface area contributed by atoms with Crippen molar-refractivity contribution in [2.75, 3.05) is 11.4 Å². The summed E-state index contributed by atoms with van der Waals surface area (Å²) in [6.07, 6.45) is 0.860. The summed E-state index contributed by atoms with van der Waals surface area (Å²) in [5.41, 5.74) is 8.38. The molecule has 2 aliphatic rings. The van der Waals surface area contributed by atoms with E-state index < -0.39 is 0 Å². The van der Waals surface area contributed by atoms with E-state index in [-0.39, 0.29) is 18.4 Å². The molecule has 3 aromatic carbocycles. The quantitative estimate of drug-likeness (QED) is 0.559. The Kier molecular flexibility index (Phi) is 4.93. The molecule has 0 aromatic heterocycles. The second kappa shape index (κ2) is 7.79. The Morgan fingerprint density at radius 2 is 1.56 bits per heavy atom. The van der Waals surface area contributed by atoms with Crippen molar-refractivity contribution in [2.24, 2.45) is 0 Å². The predicted octanol–water partition coefficient (Wildman–Crippen LogP) is 4.95. The van der Waals surface area contributed by atoms with Gasteiger partial charge in [-0.1, -0.05) is 66.2 Å². The van der Waals surface area contributed by atoms with Crippen LogP contribution in [0.4, 0.5) is 5.69 Å². The molecule has 0 saturated carbocycles. The molecule has 3 aromatic rings. The Bertz CT molecular complexity index is 1270. The highest BCUT2D eigenvalue weighted by atomic mass is 16.2. The number of carbonyl (C=O) groups is 2. The second-order valence-corrected chi connectivity index (χ2v) is 8.74. The van der Waals surface area contributed by atoms with Crippen molar-refractivity contribution in [1.29, 1.82) is 0 Å². The summed E-state index contributed by atoms with van der Waals surface area (Å²) in [5, 5.41) is 0. The molecule has 0 saturated heterocycles. The minimum atomic E-state index is -0.224. The van der Waals surface area contributed by atoms with E-state index in [0.29, 0.717) is 17.8 Å². The van der Waals surface area contributed by atoms with Crippen LogP contribution >= 0.6 is 0 Å². The molecule has 0 unspecified atom stereocenters. The maximum atomic E-state index is 13.7.